The topological polar surface area (TPSA) is 64.6 Å². The number of esters is 1. The second-order valence-electron chi connectivity index (χ2n) is 7.03. The van der Waals surface area contributed by atoms with Crippen molar-refractivity contribution in [2.45, 2.75) is 13.0 Å². The molecule has 7 heteroatoms. The minimum atomic E-state index is -0.968. The van der Waals surface area contributed by atoms with E-state index in [-0.39, 0.29) is 0 Å². The average Bonchev–Trinajstić information content (AvgIpc) is 3.54. The lowest BCUT2D eigenvalue weighted by Gasteiger charge is -2.15. The van der Waals surface area contributed by atoms with Gasteiger partial charge in [0.05, 0.1) is 5.57 Å². The predicted octanol–water partition coefficient (Wildman–Crippen LogP) is 6.71. The molecule has 0 radical (unpaired) electrons. The predicted molar refractivity (Wildman–Crippen MR) is 134 cm³/mol. The average molecular weight is 476 g/mol. The van der Waals surface area contributed by atoms with Gasteiger partial charge in [0.25, 0.3) is 5.91 Å². The maximum absolute atomic E-state index is 12.9. The fourth-order valence-electron chi connectivity index (χ4n) is 2.93. The quantitative estimate of drug-likeness (QED) is 0.227. The van der Waals surface area contributed by atoms with Crippen LogP contribution in [0.1, 0.15) is 16.7 Å². The van der Waals surface area contributed by atoms with Gasteiger partial charge in [-0.2, -0.15) is 0 Å². The number of thiophene rings is 2. The van der Waals surface area contributed by atoms with Crippen LogP contribution in [0.3, 0.4) is 0 Å². The Morgan fingerprint density at radius 3 is 2.21 bits per heavy atom. The van der Waals surface area contributed by atoms with Gasteiger partial charge in [-0.3, -0.25) is 4.79 Å². The third-order valence-corrected chi connectivity index (χ3v) is 6.31. The summed E-state index contributed by atoms with van der Waals surface area (Å²) in [5, 5.41) is 6.61. The van der Waals surface area contributed by atoms with Crippen molar-refractivity contribution in [3.63, 3.8) is 0 Å². The molecule has 1 atom stereocenters. The number of anilines is 1. The van der Waals surface area contributed by atoms with Crippen LogP contribution in [0.2, 0.25) is 0 Å². The minimum absolute atomic E-state index is 0.415. The molecule has 2 aromatic carbocycles. The van der Waals surface area contributed by atoms with Gasteiger partial charge in [-0.25, -0.2) is 4.79 Å². The molecular weight excluding hydrogens is 454 g/mol. The normalized spacial score (nSPS) is 12.1. The SMILES string of the molecule is C[C@@H](OC(=O)/C(=C/c1cccs1)c1cccs1)C(=O)Nc1ccc(Oc2ccccc2)cc1. The molecule has 4 rings (SSSR count). The van der Waals surface area contributed by atoms with E-state index in [0.717, 1.165) is 15.5 Å². The molecular formula is C26H21NO4S2. The second-order valence-corrected chi connectivity index (χ2v) is 8.95. The van der Waals surface area contributed by atoms with E-state index in [2.05, 4.69) is 5.32 Å². The molecule has 0 aliphatic carbocycles. The van der Waals surface area contributed by atoms with Gasteiger partial charge >= 0.3 is 5.97 Å². The number of amides is 1. The van der Waals surface area contributed by atoms with E-state index in [1.807, 2.05) is 65.4 Å². The maximum Gasteiger partial charge on any atom is 0.340 e. The summed E-state index contributed by atoms with van der Waals surface area (Å²) in [6, 6.07) is 24.0. The van der Waals surface area contributed by atoms with Crippen LogP contribution in [-0.2, 0) is 14.3 Å². The molecule has 166 valence electrons. The van der Waals surface area contributed by atoms with Crippen LogP contribution in [0.4, 0.5) is 5.69 Å². The van der Waals surface area contributed by atoms with Crippen LogP contribution in [0.5, 0.6) is 11.5 Å². The number of nitrogens with one attached hydrogen (secondary N) is 1. The Hall–Kier alpha value is -3.68. The first-order valence-electron chi connectivity index (χ1n) is 10.2. The van der Waals surface area contributed by atoms with E-state index in [1.54, 1.807) is 37.3 Å². The van der Waals surface area contributed by atoms with Crippen molar-refractivity contribution >= 4 is 51.9 Å². The highest BCUT2D eigenvalue weighted by atomic mass is 32.1. The smallest absolute Gasteiger partial charge is 0.340 e. The van der Waals surface area contributed by atoms with Crippen LogP contribution in [-0.4, -0.2) is 18.0 Å². The Morgan fingerprint density at radius 2 is 1.55 bits per heavy atom. The van der Waals surface area contributed by atoms with Gasteiger partial charge in [-0.05, 0) is 72.3 Å². The molecule has 2 heterocycles. The summed E-state index contributed by atoms with van der Waals surface area (Å²) < 4.78 is 11.2. The fraction of sp³-hybridized carbons (Fsp3) is 0.0769. The molecule has 0 aliphatic rings. The lowest BCUT2D eigenvalue weighted by atomic mass is 10.2. The summed E-state index contributed by atoms with van der Waals surface area (Å²) in [6.45, 7) is 1.55. The van der Waals surface area contributed by atoms with Gasteiger partial charge in [0.15, 0.2) is 6.10 Å². The molecule has 2 aromatic heterocycles. The van der Waals surface area contributed by atoms with Crippen molar-refractivity contribution < 1.29 is 19.1 Å². The maximum atomic E-state index is 12.9. The zero-order valence-electron chi connectivity index (χ0n) is 17.8. The number of carbonyl (C=O) groups is 2. The number of benzene rings is 2. The molecule has 0 saturated carbocycles. The van der Waals surface area contributed by atoms with E-state index >= 15 is 0 Å². The zero-order chi connectivity index (χ0) is 23.0. The molecule has 0 spiro atoms. The molecule has 33 heavy (non-hydrogen) atoms. The molecule has 0 saturated heterocycles. The summed E-state index contributed by atoms with van der Waals surface area (Å²) in [4.78, 5) is 27.2. The Bertz CT molecular complexity index is 1220. The Morgan fingerprint density at radius 1 is 0.848 bits per heavy atom. The van der Waals surface area contributed by atoms with Crippen LogP contribution in [0, 0.1) is 0 Å². The van der Waals surface area contributed by atoms with Crippen LogP contribution in [0.25, 0.3) is 11.6 Å². The molecule has 1 amide bonds. The fourth-order valence-corrected chi connectivity index (χ4v) is 4.32. The molecule has 0 fully saturated rings. The zero-order valence-corrected chi connectivity index (χ0v) is 19.4. The molecule has 0 unspecified atom stereocenters. The third-order valence-electron chi connectivity index (χ3n) is 4.59. The standard InChI is InChI=1S/C26H21NO4S2/c1-18(30-26(29)23(24-10-6-16-33-24)17-22-9-5-15-32-22)25(28)27-19-11-13-21(14-12-19)31-20-7-3-2-4-8-20/h2-18H,1H3,(H,27,28)/b23-17+/t18-/m1/s1. The number of rotatable bonds is 8. The van der Waals surface area contributed by atoms with Gasteiger partial charge in [0.1, 0.15) is 11.5 Å². The van der Waals surface area contributed by atoms with Crippen LogP contribution >= 0.6 is 22.7 Å². The monoisotopic (exact) mass is 475 g/mol. The Balaban J connectivity index is 1.38. The van der Waals surface area contributed by atoms with Crippen molar-refractivity contribution in [1.29, 1.82) is 0 Å². The van der Waals surface area contributed by atoms with E-state index in [9.17, 15) is 9.59 Å². The molecule has 0 aliphatic heterocycles. The Kier molecular flexibility index (Phi) is 7.34. The number of para-hydroxylation sites is 1. The first kappa shape index (κ1) is 22.5. The number of hydrogen-bond donors (Lipinski definition) is 1. The second kappa shape index (κ2) is 10.8. The van der Waals surface area contributed by atoms with Crippen molar-refractivity contribution in [1.82, 2.24) is 0 Å². The van der Waals surface area contributed by atoms with Crippen LogP contribution in [0.15, 0.2) is 89.6 Å². The first-order chi connectivity index (χ1) is 16.1. The molecule has 0 bridgehead atoms. The summed E-state index contributed by atoms with van der Waals surface area (Å²) >= 11 is 2.97. The summed E-state index contributed by atoms with van der Waals surface area (Å²) in [5.74, 6) is 0.423. The van der Waals surface area contributed by atoms with Crippen molar-refractivity contribution in [3.05, 3.63) is 99.4 Å². The summed E-state index contributed by atoms with van der Waals surface area (Å²) in [5.41, 5.74) is 1.01. The van der Waals surface area contributed by atoms with E-state index < -0.39 is 18.0 Å². The van der Waals surface area contributed by atoms with Gasteiger partial charge in [-0.1, -0.05) is 30.3 Å². The van der Waals surface area contributed by atoms with Crippen LogP contribution < -0.4 is 10.1 Å². The lowest BCUT2D eigenvalue weighted by molar-refractivity contribution is -0.147. The number of hydrogen-bond acceptors (Lipinski definition) is 6. The van der Waals surface area contributed by atoms with Crippen molar-refractivity contribution in [2.75, 3.05) is 5.32 Å². The van der Waals surface area contributed by atoms with Crippen molar-refractivity contribution in [2.24, 2.45) is 0 Å². The summed E-state index contributed by atoms with van der Waals surface area (Å²) in [6.07, 6.45) is 0.819. The first-order valence-corrected chi connectivity index (χ1v) is 12.0. The van der Waals surface area contributed by atoms with Gasteiger partial charge < -0.3 is 14.8 Å². The number of ether oxygens (including phenoxy) is 2. The van der Waals surface area contributed by atoms with Gasteiger partial charge in [-0.15, -0.1) is 22.7 Å². The highest BCUT2D eigenvalue weighted by Crippen LogP contribution is 2.27. The molecule has 4 aromatic rings. The largest absolute Gasteiger partial charge is 0.457 e. The van der Waals surface area contributed by atoms with E-state index in [4.69, 9.17) is 9.47 Å². The highest BCUT2D eigenvalue weighted by molar-refractivity contribution is 7.12. The highest BCUT2D eigenvalue weighted by Gasteiger charge is 2.22. The third kappa shape index (κ3) is 6.19. The van der Waals surface area contributed by atoms with E-state index in [1.165, 1.54) is 22.7 Å². The van der Waals surface area contributed by atoms with Gasteiger partial charge in [0, 0.05) is 15.4 Å². The summed E-state index contributed by atoms with van der Waals surface area (Å²) in [7, 11) is 0. The van der Waals surface area contributed by atoms with Gasteiger partial charge in [0.2, 0.25) is 0 Å². The number of carbonyl (C=O) groups excluding carboxylic acids is 2. The van der Waals surface area contributed by atoms with E-state index in [0.29, 0.717) is 17.0 Å². The molecule has 5 nitrogen and oxygen atoms in total. The Labute approximate surface area is 199 Å². The minimum Gasteiger partial charge on any atom is -0.457 e. The molecule has 1 N–H and O–H groups in total. The lowest BCUT2D eigenvalue weighted by Crippen LogP contribution is -2.30. The van der Waals surface area contributed by atoms with Crippen molar-refractivity contribution in [3.8, 4) is 11.5 Å².